The van der Waals surface area contributed by atoms with Gasteiger partial charge in [-0.3, -0.25) is 9.59 Å². The van der Waals surface area contributed by atoms with Crippen LogP contribution >= 0.6 is 11.6 Å². The first-order chi connectivity index (χ1) is 13.0. The van der Waals surface area contributed by atoms with Crippen molar-refractivity contribution >= 4 is 29.4 Å². The summed E-state index contributed by atoms with van der Waals surface area (Å²) in [5.74, 6) is -2.29. The molecular formula is C19H12ClN3O4. The van der Waals surface area contributed by atoms with Crippen LogP contribution in [0.15, 0.2) is 54.7 Å². The smallest absolute Gasteiger partial charge is 0.322 e. The molecule has 1 aromatic heterocycles. The van der Waals surface area contributed by atoms with Gasteiger partial charge in [-0.25, -0.2) is 9.48 Å². The van der Waals surface area contributed by atoms with E-state index in [0.29, 0.717) is 21.3 Å². The standard InChI is InChI=1S/C19H12ClN3O4/c1-11-10-22(15-9-5-4-8-14(15)20)21-16(11)19(26)27-23-17(24)12-6-2-3-7-13(12)18(23)25/h2-10H,1H3. The molecule has 0 atom stereocenters. The van der Waals surface area contributed by atoms with Crippen molar-refractivity contribution in [3.8, 4) is 5.69 Å². The van der Waals surface area contributed by atoms with E-state index in [1.165, 1.54) is 16.8 Å². The van der Waals surface area contributed by atoms with E-state index in [1.54, 1.807) is 49.5 Å². The molecule has 2 amide bonds. The molecule has 0 bridgehead atoms. The average Bonchev–Trinajstić information content (AvgIpc) is 3.16. The molecule has 1 aliphatic heterocycles. The fourth-order valence-electron chi connectivity index (χ4n) is 2.80. The molecule has 0 unspecified atom stereocenters. The minimum Gasteiger partial charge on any atom is -0.322 e. The van der Waals surface area contributed by atoms with E-state index >= 15 is 0 Å². The van der Waals surface area contributed by atoms with Crippen LogP contribution in [0, 0.1) is 6.92 Å². The van der Waals surface area contributed by atoms with Gasteiger partial charge < -0.3 is 4.84 Å². The summed E-state index contributed by atoms with van der Waals surface area (Å²) in [5, 5.41) is 5.11. The predicted molar refractivity (Wildman–Crippen MR) is 95.7 cm³/mol. The zero-order valence-electron chi connectivity index (χ0n) is 14.0. The van der Waals surface area contributed by atoms with Crippen molar-refractivity contribution in [2.24, 2.45) is 0 Å². The molecule has 0 N–H and O–H groups in total. The maximum absolute atomic E-state index is 12.5. The van der Waals surface area contributed by atoms with E-state index < -0.39 is 17.8 Å². The van der Waals surface area contributed by atoms with Gasteiger partial charge in [-0.1, -0.05) is 40.9 Å². The summed E-state index contributed by atoms with van der Waals surface area (Å²) in [4.78, 5) is 42.2. The number of halogens is 1. The van der Waals surface area contributed by atoms with Gasteiger partial charge in [0, 0.05) is 11.8 Å². The number of fused-ring (bicyclic) bond motifs is 1. The third-order valence-electron chi connectivity index (χ3n) is 4.12. The maximum atomic E-state index is 12.5. The van der Waals surface area contributed by atoms with Crippen LogP contribution in [0.5, 0.6) is 0 Å². The van der Waals surface area contributed by atoms with Gasteiger partial charge in [0.25, 0.3) is 11.8 Å². The number of benzene rings is 2. The number of amides is 2. The number of hydrogen-bond acceptors (Lipinski definition) is 5. The van der Waals surface area contributed by atoms with E-state index in [9.17, 15) is 14.4 Å². The SMILES string of the molecule is Cc1cn(-c2ccccc2Cl)nc1C(=O)ON1C(=O)c2ccccc2C1=O. The number of hydrogen-bond donors (Lipinski definition) is 0. The summed E-state index contributed by atoms with van der Waals surface area (Å²) in [7, 11) is 0. The fraction of sp³-hybridized carbons (Fsp3) is 0.0526. The summed E-state index contributed by atoms with van der Waals surface area (Å²) in [6, 6.07) is 13.3. The largest absolute Gasteiger partial charge is 0.384 e. The van der Waals surface area contributed by atoms with Crippen LogP contribution < -0.4 is 0 Å². The molecule has 27 heavy (non-hydrogen) atoms. The Hall–Kier alpha value is -3.45. The van der Waals surface area contributed by atoms with E-state index in [4.69, 9.17) is 16.4 Å². The molecule has 0 radical (unpaired) electrons. The van der Waals surface area contributed by atoms with Crippen molar-refractivity contribution in [3.05, 3.63) is 82.1 Å². The van der Waals surface area contributed by atoms with Crippen molar-refractivity contribution in [3.63, 3.8) is 0 Å². The topological polar surface area (TPSA) is 81.5 Å². The van der Waals surface area contributed by atoms with Crippen LogP contribution in [0.4, 0.5) is 0 Å². The molecule has 8 heteroatoms. The third kappa shape index (κ3) is 2.78. The number of carbonyl (C=O) groups excluding carboxylic acids is 3. The first kappa shape index (κ1) is 17.0. The highest BCUT2D eigenvalue weighted by Gasteiger charge is 2.39. The van der Waals surface area contributed by atoms with Gasteiger partial charge in [0.05, 0.1) is 21.8 Å². The Morgan fingerprint density at radius 2 is 1.59 bits per heavy atom. The quantitative estimate of drug-likeness (QED) is 0.651. The number of nitrogens with zero attached hydrogens (tertiary/aromatic N) is 3. The lowest BCUT2D eigenvalue weighted by molar-refractivity contribution is -0.0589. The molecule has 2 heterocycles. The third-order valence-corrected chi connectivity index (χ3v) is 4.44. The van der Waals surface area contributed by atoms with E-state index in [2.05, 4.69) is 5.10 Å². The Labute approximate surface area is 158 Å². The van der Waals surface area contributed by atoms with Crippen LogP contribution in [-0.2, 0) is 4.84 Å². The summed E-state index contributed by atoms with van der Waals surface area (Å²) in [5.41, 5.74) is 1.45. The number of para-hydroxylation sites is 1. The zero-order chi connectivity index (χ0) is 19.1. The van der Waals surface area contributed by atoms with Gasteiger partial charge in [-0.2, -0.15) is 5.10 Å². The van der Waals surface area contributed by atoms with Gasteiger partial charge in [0.2, 0.25) is 0 Å². The van der Waals surface area contributed by atoms with E-state index in [0.717, 1.165) is 0 Å². The molecule has 3 aromatic rings. The fourth-order valence-corrected chi connectivity index (χ4v) is 3.02. The van der Waals surface area contributed by atoms with Gasteiger partial charge >= 0.3 is 5.97 Å². The molecular weight excluding hydrogens is 370 g/mol. The molecule has 4 rings (SSSR count). The molecule has 7 nitrogen and oxygen atoms in total. The van der Waals surface area contributed by atoms with Crippen molar-refractivity contribution < 1.29 is 19.2 Å². The zero-order valence-corrected chi connectivity index (χ0v) is 14.8. The lowest BCUT2D eigenvalue weighted by atomic mass is 10.1. The minimum atomic E-state index is -0.909. The Kier molecular flexibility index (Phi) is 4.01. The summed E-state index contributed by atoms with van der Waals surface area (Å²) in [6.07, 6.45) is 1.61. The van der Waals surface area contributed by atoms with Crippen molar-refractivity contribution in [1.29, 1.82) is 0 Å². The number of aryl methyl sites for hydroxylation is 1. The van der Waals surface area contributed by atoms with Crippen LogP contribution in [-0.4, -0.2) is 32.6 Å². The highest BCUT2D eigenvalue weighted by atomic mass is 35.5. The van der Waals surface area contributed by atoms with Crippen molar-refractivity contribution in [2.45, 2.75) is 6.92 Å². The van der Waals surface area contributed by atoms with E-state index in [1.807, 2.05) is 0 Å². The molecule has 0 saturated heterocycles. The first-order valence-corrected chi connectivity index (χ1v) is 8.36. The van der Waals surface area contributed by atoms with Gasteiger partial charge in [-0.15, -0.1) is 0 Å². The highest BCUT2D eigenvalue weighted by molar-refractivity contribution is 6.32. The summed E-state index contributed by atoms with van der Waals surface area (Å²) >= 11 is 6.15. The number of hydroxylamine groups is 2. The first-order valence-electron chi connectivity index (χ1n) is 7.98. The Bertz CT molecular complexity index is 1070. The van der Waals surface area contributed by atoms with Gasteiger partial charge in [-0.05, 0) is 31.2 Å². The lowest BCUT2D eigenvalue weighted by Gasteiger charge is -2.11. The monoisotopic (exact) mass is 381 g/mol. The van der Waals surface area contributed by atoms with E-state index in [-0.39, 0.29) is 16.8 Å². The van der Waals surface area contributed by atoms with Crippen molar-refractivity contribution in [2.75, 3.05) is 0 Å². The Morgan fingerprint density at radius 3 is 2.22 bits per heavy atom. The van der Waals surface area contributed by atoms with Crippen LogP contribution in [0.2, 0.25) is 5.02 Å². The number of carbonyl (C=O) groups is 3. The number of imide groups is 1. The maximum Gasteiger partial charge on any atom is 0.384 e. The molecule has 0 saturated carbocycles. The normalized spacial score (nSPS) is 13.0. The molecule has 1 aliphatic rings. The lowest BCUT2D eigenvalue weighted by Crippen LogP contribution is -2.33. The second-order valence-electron chi connectivity index (χ2n) is 5.89. The number of aromatic nitrogens is 2. The van der Waals surface area contributed by atoms with Crippen LogP contribution in [0.3, 0.4) is 0 Å². The molecule has 134 valence electrons. The molecule has 0 fully saturated rings. The van der Waals surface area contributed by atoms with Crippen LogP contribution in [0.1, 0.15) is 36.8 Å². The molecule has 2 aromatic carbocycles. The van der Waals surface area contributed by atoms with Crippen LogP contribution in [0.25, 0.3) is 5.69 Å². The van der Waals surface area contributed by atoms with Gasteiger partial charge in [0.15, 0.2) is 5.69 Å². The molecule has 0 aliphatic carbocycles. The second kappa shape index (κ2) is 6.37. The second-order valence-corrected chi connectivity index (χ2v) is 6.29. The number of rotatable bonds is 3. The summed E-state index contributed by atoms with van der Waals surface area (Å²) in [6.45, 7) is 1.67. The minimum absolute atomic E-state index is 0.0218. The highest BCUT2D eigenvalue weighted by Crippen LogP contribution is 2.24. The molecule has 0 spiro atoms. The Morgan fingerprint density at radius 1 is 1.00 bits per heavy atom. The average molecular weight is 382 g/mol. The van der Waals surface area contributed by atoms with Gasteiger partial charge in [0.1, 0.15) is 0 Å². The van der Waals surface area contributed by atoms with Crippen molar-refractivity contribution in [1.82, 2.24) is 14.8 Å². The summed E-state index contributed by atoms with van der Waals surface area (Å²) < 4.78 is 1.44. The Balaban J connectivity index is 1.61. The predicted octanol–water partition coefficient (Wildman–Crippen LogP) is 3.20.